The number of aromatic hydroxyl groups is 1. The summed E-state index contributed by atoms with van der Waals surface area (Å²) >= 11 is 0. The molecule has 11 nitrogen and oxygen atoms in total. The van der Waals surface area contributed by atoms with Crippen molar-refractivity contribution < 1.29 is 34.8 Å². The van der Waals surface area contributed by atoms with Gasteiger partial charge in [0.15, 0.2) is 11.4 Å². The summed E-state index contributed by atoms with van der Waals surface area (Å²) in [5.74, 6) is -6.35. The summed E-state index contributed by atoms with van der Waals surface area (Å²) in [6.45, 7) is 2.35. The first-order valence-electron chi connectivity index (χ1n) is 14.1. The first-order valence-corrected chi connectivity index (χ1v) is 14.1. The molecule has 1 saturated heterocycles. The minimum absolute atomic E-state index is 0.0623. The number of nitrogens with zero attached hydrogens (tertiary/aromatic N) is 3. The molecule has 1 aromatic rings. The molecule has 1 amide bonds. The van der Waals surface area contributed by atoms with E-state index in [4.69, 9.17) is 5.73 Å². The van der Waals surface area contributed by atoms with Crippen molar-refractivity contribution in [3.8, 4) is 5.75 Å². The van der Waals surface area contributed by atoms with Crippen molar-refractivity contribution in [1.29, 1.82) is 0 Å². The third-order valence-electron chi connectivity index (χ3n) is 10.1. The van der Waals surface area contributed by atoms with Gasteiger partial charge in [-0.25, -0.2) is 0 Å². The highest BCUT2D eigenvalue weighted by molar-refractivity contribution is 6.25. The minimum atomic E-state index is -2.64. The van der Waals surface area contributed by atoms with Crippen molar-refractivity contribution in [3.05, 3.63) is 45.4 Å². The van der Waals surface area contributed by atoms with E-state index in [1.165, 1.54) is 12.8 Å². The number of rotatable bonds is 5. The minimum Gasteiger partial charge on any atom is -0.510 e. The topological polar surface area (TPSA) is 168 Å². The monoisotopic (exact) mass is 566 g/mol. The Morgan fingerprint density at radius 1 is 1.12 bits per heavy atom. The van der Waals surface area contributed by atoms with Gasteiger partial charge in [-0.3, -0.25) is 24.2 Å². The summed E-state index contributed by atoms with van der Waals surface area (Å²) in [5.41, 5.74) is 4.30. The van der Waals surface area contributed by atoms with Crippen molar-refractivity contribution in [3.63, 3.8) is 0 Å². The van der Waals surface area contributed by atoms with Crippen LogP contribution < -0.4 is 10.6 Å². The van der Waals surface area contributed by atoms with Crippen molar-refractivity contribution in [2.45, 2.75) is 50.3 Å². The maximum atomic E-state index is 14.2. The lowest BCUT2D eigenvalue weighted by Crippen LogP contribution is -2.63. The number of hydrogen-bond acceptors (Lipinski definition) is 10. The number of phenols is 1. The number of amides is 1. The number of aliphatic hydroxyl groups excluding tert-OH is 2. The first-order chi connectivity index (χ1) is 19.2. The second-order valence-electron chi connectivity index (χ2n) is 13.1. The Morgan fingerprint density at radius 2 is 1.80 bits per heavy atom. The highest BCUT2D eigenvalue weighted by Crippen LogP contribution is 2.55. The zero-order chi connectivity index (χ0) is 29.8. The number of fused-ring (bicyclic) bond motifs is 3. The van der Waals surface area contributed by atoms with E-state index in [-0.39, 0.29) is 29.7 Å². The number of allylic oxidation sites excluding steroid dienone is 1. The number of aliphatic hydroxyl groups is 3. The van der Waals surface area contributed by atoms with Gasteiger partial charge < -0.3 is 31.1 Å². The zero-order valence-electron chi connectivity index (χ0n) is 23.9. The average Bonchev–Trinajstić information content (AvgIpc) is 3.52. The summed E-state index contributed by atoms with van der Waals surface area (Å²) in [6, 6.07) is 0.910. The Hall–Kier alpha value is -3.41. The normalized spacial score (nSPS) is 30.5. The van der Waals surface area contributed by atoms with Gasteiger partial charge in [-0.1, -0.05) is 0 Å². The number of hydrogen-bond donors (Lipinski definition) is 5. The molecule has 11 heteroatoms. The molecule has 41 heavy (non-hydrogen) atoms. The number of carbonyl (C=O) groups excluding carboxylic acids is 3. The van der Waals surface area contributed by atoms with E-state index >= 15 is 0 Å². The lowest BCUT2D eigenvalue weighted by Gasteiger charge is -2.50. The van der Waals surface area contributed by atoms with Gasteiger partial charge >= 0.3 is 0 Å². The van der Waals surface area contributed by atoms with Gasteiger partial charge in [0.05, 0.1) is 11.6 Å². The molecule has 1 saturated carbocycles. The zero-order valence-corrected chi connectivity index (χ0v) is 23.9. The van der Waals surface area contributed by atoms with Crippen LogP contribution in [0.25, 0.3) is 0 Å². The van der Waals surface area contributed by atoms with Crippen LogP contribution in [-0.4, -0.2) is 101 Å². The van der Waals surface area contributed by atoms with Crippen molar-refractivity contribution in [1.82, 2.24) is 9.80 Å². The molecule has 6 rings (SSSR count). The molecular weight excluding hydrogens is 528 g/mol. The molecule has 2 fully saturated rings. The van der Waals surface area contributed by atoms with Crippen molar-refractivity contribution >= 4 is 23.2 Å². The van der Waals surface area contributed by atoms with Crippen LogP contribution in [-0.2, 0) is 22.6 Å². The number of carbonyl (C=O) groups is 3. The molecule has 4 aliphatic carbocycles. The first kappa shape index (κ1) is 27.7. The summed E-state index contributed by atoms with van der Waals surface area (Å²) in [4.78, 5) is 45.6. The van der Waals surface area contributed by atoms with E-state index in [1.54, 1.807) is 19.0 Å². The Morgan fingerprint density at radius 3 is 2.37 bits per heavy atom. The Labute approximate surface area is 238 Å². The van der Waals surface area contributed by atoms with E-state index in [9.17, 15) is 34.8 Å². The highest BCUT2D eigenvalue weighted by Gasteiger charge is 2.63. The van der Waals surface area contributed by atoms with E-state index < -0.39 is 58.0 Å². The fourth-order valence-electron chi connectivity index (χ4n) is 7.86. The molecule has 1 heterocycles. The Kier molecular flexibility index (Phi) is 6.12. The number of likely N-dealkylation sites (N-methyl/N-ethyl adjacent to an activating group) is 1. The van der Waals surface area contributed by atoms with Crippen LogP contribution in [0.15, 0.2) is 28.7 Å². The molecule has 220 valence electrons. The lowest BCUT2D eigenvalue weighted by molar-refractivity contribution is -0.148. The molecule has 4 atom stereocenters. The smallest absolute Gasteiger partial charge is 0.255 e. The second kappa shape index (κ2) is 9.04. The number of primary amides is 1. The number of anilines is 1. The van der Waals surface area contributed by atoms with Crippen LogP contribution in [0.2, 0.25) is 0 Å². The van der Waals surface area contributed by atoms with Crippen LogP contribution in [0.1, 0.15) is 47.2 Å². The summed E-state index contributed by atoms with van der Waals surface area (Å²) < 4.78 is 0. The average molecular weight is 567 g/mol. The molecule has 6 N–H and O–H groups in total. The quantitative estimate of drug-likeness (QED) is 0.326. The molecular formula is C30H38N4O7. The molecule has 0 unspecified atom stereocenters. The summed E-state index contributed by atoms with van der Waals surface area (Å²) in [5, 5.41) is 45.8. The molecule has 1 spiro atoms. The van der Waals surface area contributed by atoms with E-state index in [2.05, 4.69) is 4.90 Å². The number of ketones is 2. The van der Waals surface area contributed by atoms with Crippen molar-refractivity contribution in [2.24, 2.45) is 23.0 Å². The highest BCUT2D eigenvalue weighted by atomic mass is 16.3. The fourth-order valence-corrected chi connectivity index (χ4v) is 7.86. The number of benzene rings is 1. The molecule has 5 aliphatic rings. The number of likely N-dealkylation sites (tertiary alicyclic amines) is 1. The SMILES string of the molecule is CN(C)c1cc(CN2CCC3(CC3)C2)c(O)c2c1C[C@H]1C[C@H]3[C@H](N(C)C)C(O)=C(C(N)=O)C(=O)[C@@]3(O)C(O)=C1C2=O. The van der Waals surface area contributed by atoms with E-state index in [1.807, 2.05) is 25.1 Å². The van der Waals surface area contributed by atoms with Crippen LogP contribution >= 0.6 is 0 Å². The lowest BCUT2D eigenvalue weighted by atomic mass is 9.58. The number of nitrogens with two attached hydrogens (primary N) is 1. The largest absolute Gasteiger partial charge is 0.510 e. The van der Waals surface area contributed by atoms with Crippen molar-refractivity contribution in [2.75, 3.05) is 46.2 Å². The summed E-state index contributed by atoms with van der Waals surface area (Å²) in [6.07, 6.45) is 3.90. The molecule has 1 aromatic carbocycles. The van der Waals surface area contributed by atoms with Gasteiger partial charge in [0.1, 0.15) is 22.8 Å². The van der Waals surface area contributed by atoms with Crippen LogP contribution in [0, 0.1) is 17.3 Å². The fraction of sp³-hybridized carbons (Fsp3) is 0.567. The predicted molar refractivity (Wildman–Crippen MR) is 150 cm³/mol. The molecule has 1 aliphatic heterocycles. The second-order valence-corrected chi connectivity index (χ2v) is 13.1. The third kappa shape index (κ3) is 3.85. The van der Waals surface area contributed by atoms with E-state index in [0.29, 0.717) is 23.1 Å². The standard InChI is InChI=1S/C30H38N4O7/c1-32(2)18-11-15(12-34-8-7-29(13-34)5-6-29)23(35)20-16(18)9-14-10-17-22(33(3)4)25(37)21(28(31)40)27(39)30(17,41)26(38)19(14)24(20)36/h11,14,17,22,35,37-38,41H,5-10,12-13H2,1-4H3,(H2,31,40)/t14-,17-,22-,30-/m0/s1. The van der Waals surface area contributed by atoms with Gasteiger partial charge in [-0.15, -0.1) is 0 Å². The maximum Gasteiger partial charge on any atom is 0.255 e. The summed E-state index contributed by atoms with van der Waals surface area (Å²) in [7, 11) is 6.97. The van der Waals surface area contributed by atoms with Crippen LogP contribution in [0.5, 0.6) is 5.75 Å². The molecule has 0 radical (unpaired) electrons. The van der Waals surface area contributed by atoms with Gasteiger partial charge in [0.25, 0.3) is 5.91 Å². The number of phenolic OH excluding ortho intramolecular Hbond substituents is 1. The Bertz CT molecular complexity index is 1460. The van der Waals surface area contributed by atoms with Crippen LogP contribution in [0.3, 0.4) is 0 Å². The van der Waals surface area contributed by atoms with Gasteiger partial charge in [0.2, 0.25) is 5.78 Å². The number of Topliss-reactive ketones (excluding diaryl/α,β-unsaturated/α-hetero) is 2. The molecule has 0 bridgehead atoms. The van der Waals surface area contributed by atoms with Crippen LogP contribution in [0.4, 0.5) is 5.69 Å². The Balaban J connectivity index is 1.48. The third-order valence-corrected chi connectivity index (χ3v) is 10.1. The van der Waals surface area contributed by atoms with Gasteiger partial charge in [-0.05, 0) is 75.7 Å². The maximum absolute atomic E-state index is 14.2. The van der Waals surface area contributed by atoms with Gasteiger partial charge in [-0.2, -0.15) is 0 Å². The van der Waals surface area contributed by atoms with E-state index in [0.717, 1.165) is 25.2 Å². The molecule has 0 aromatic heterocycles. The predicted octanol–water partition coefficient (Wildman–Crippen LogP) is 1.17. The van der Waals surface area contributed by atoms with Gasteiger partial charge in [0, 0.05) is 49.9 Å².